The van der Waals surface area contributed by atoms with Gasteiger partial charge in [0.25, 0.3) is 0 Å². The second-order valence-corrected chi connectivity index (χ2v) is 24.2. The highest BCUT2D eigenvalue weighted by Gasteiger charge is 2.19. The third-order valence-corrected chi connectivity index (χ3v) is 18.2. The van der Waals surface area contributed by atoms with Gasteiger partial charge in [0, 0.05) is 68.2 Å². The zero-order valence-corrected chi connectivity index (χ0v) is 52.9. The summed E-state index contributed by atoms with van der Waals surface area (Å²) in [6.45, 7) is 0. The minimum Gasteiger partial charge on any atom is -0.311 e. The molecule has 0 N–H and O–H groups in total. The van der Waals surface area contributed by atoms with Gasteiger partial charge in [0.2, 0.25) is 0 Å². The Hall–Kier alpha value is -12.8. The Kier molecular flexibility index (Phi) is 16.1. The van der Waals surface area contributed by atoms with Gasteiger partial charge in [0.05, 0.1) is 0 Å². The molecule has 0 bridgehead atoms. The number of hydrogen-bond acceptors (Lipinski definition) is 4. The number of nitrogens with zero attached hydrogens (tertiary/aromatic N) is 4. The van der Waals surface area contributed by atoms with Crippen molar-refractivity contribution in [2.75, 3.05) is 19.6 Å². The van der Waals surface area contributed by atoms with Crippen molar-refractivity contribution < 1.29 is 0 Å². The molecule has 16 aromatic carbocycles. The van der Waals surface area contributed by atoms with Crippen molar-refractivity contribution in [3.63, 3.8) is 0 Å². The van der Waals surface area contributed by atoms with Gasteiger partial charge in [0.1, 0.15) is 0 Å². The number of anilines is 12. The first kappa shape index (κ1) is 58.3. The van der Waals surface area contributed by atoms with Gasteiger partial charge in [0.15, 0.2) is 0 Å². The molecule has 16 aromatic rings. The third-order valence-electron chi connectivity index (χ3n) is 18.2. The molecule has 0 aromatic heterocycles. The SMILES string of the molecule is c1ccc(N(c2ccccc2)c2ccc(-c3ccc(N(c4ccc(-c5ccc(N(c6ccc(-c7ccc(N(c8ccccc8)c8ccccc8)cc7)cc6)c6ccc(-c7ccc8ccccc8c7)cc6)cc5)cc4)c4ccc(-c5ccc6ccccc6c5)cc4)cc3)cc2)cc1. The molecule has 0 fully saturated rings. The van der Waals surface area contributed by atoms with Crippen LogP contribution in [-0.4, -0.2) is 0 Å². The molecular formula is C92H66N4. The van der Waals surface area contributed by atoms with E-state index in [1.807, 2.05) is 0 Å². The molecule has 0 aliphatic carbocycles. The zero-order valence-electron chi connectivity index (χ0n) is 52.9. The van der Waals surface area contributed by atoms with Gasteiger partial charge in [-0.2, -0.15) is 0 Å². The quantitative estimate of drug-likeness (QED) is 0.0901. The van der Waals surface area contributed by atoms with Crippen molar-refractivity contribution >= 4 is 89.8 Å². The highest BCUT2D eigenvalue weighted by molar-refractivity contribution is 5.91. The van der Waals surface area contributed by atoms with E-state index in [0.29, 0.717) is 0 Å². The highest BCUT2D eigenvalue weighted by atomic mass is 15.2. The Balaban J connectivity index is 0.700. The van der Waals surface area contributed by atoms with Gasteiger partial charge >= 0.3 is 0 Å². The lowest BCUT2D eigenvalue weighted by atomic mass is 10.00. The Morgan fingerprint density at radius 3 is 0.448 bits per heavy atom. The highest BCUT2D eigenvalue weighted by Crippen LogP contribution is 2.43. The third kappa shape index (κ3) is 12.2. The van der Waals surface area contributed by atoms with Crippen LogP contribution in [0.3, 0.4) is 0 Å². The molecule has 0 unspecified atom stereocenters. The average molecular weight is 1230 g/mol. The van der Waals surface area contributed by atoms with Crippen LogP contribution in [0.2, 0.25) is 0 Å². The fourth-order valence-electron chi connectivity index (χ4n) is 13.3. The van der Waals surface area contributed by atoms with Crippen molar-refractivity contribution in [2.45, 2.75) is 0 Å². The Bertz CT molecular complexity index is 4840. The van der Waals surface area contributed by atoms with E-state index in [2.05, 4.69) is 420 Å². The summed E-state index contributed by atoms with van der Waals surface area (Å²) in [7, 11) is 0. The van der Waals surface area contributed by atoms with E-state index in [4.69, 9.17) is 0 Å². The Labute approximate surface area is 562 Å². The van der Waals surface area contributed by atoms with Crippen LogP contribution in [0, 0.1) is 0 Å². The fourth-order valence-corrected chi connectivity index (χ4v) is 13.3. The number of fused-ring (bicyclic) bond motifs is 2. The summed E-state index contributed by atoms with van der Waals surface area (Å²) in [4.78, 5) is 9.31. The molecule has 96 heavy (non-hydrogen) atoms. The molecule has 0 aliphatic heterocycles. The van der Waals surface area contributed by atoms with E-state index < -0.39 is 0 Å². The molecule has 0 heterocycles. The van der Waals surface area contributed by atoms with E-state index in [1.54, 1.807) is 0 Å². The maximum absolute atomic E-state index is 2.36. The van der Waals surface area contributed by atoms with Crippen molar-refractivity contribution in [2.24, 2.45) is 0 Å². The summed E-state index contributed by atoms with van der Waals surface area (Å²) in [5.74, 6) is 0. The molecular weight excluding hydrogens is 1160 g/mol. The smallest absolute Gasteiger partial charge is 0.0462 e. The monoisotopic (exact) mass is 1230 g/mol. The number of para-hydroxylation sites is 4. The predicted molar refractivity (Wildman–Crippen MR) is 407 cm³/mol. The summed E-state index contributed by atoms with van der Waals surface area (Å²) in [5.41, 5.74) is 24.6. The number of rotatable bonds is 17. The van der Waals surface area contributed by atoms with Crippen LogP contribution < -0.4 is 19.6 Å². The number of benzene rings is 16. The molecule has 0 aliphatic rings. The van der Waals surface area contributed by atoms with E-state index in [0.717, 1.165) is 102 Å². The van der Waals surface area contributed by atoms with Crippen molar-refractivity contribution in [3.8, 4) is 55.6 Å². The second kappa shape index (κ2) is 26.5. The molecule has 0 spiro atoms. The van der Waals surface area contributed by atoms with Crippen LogP contribution >= 0.6 is 0 Å². The summed E-state index contributed by atoms with van der Waals surface area (Å²) in [5, 5.41) is 4.94. The fraction of sp³-hybridized carbons (Fsp3) is 0. The van der Waals surface area contributed by atoms with Gasteiger partial charge in [-0.1, -0.05) is 243 Å². The second-order valence-electron chi connectivity index (χ2n) is 24.2. The molecule has 0 atom stereocenters. The van der Waals surface area contributed by atoms with Crippen LogP contribution in [0.25, 0.3) is 77.2 Å². The van der Waals surface area contributed by atoms with Crippen molar-refractivity contribution in [3.05, 3.63) is 400 Å². The molecule has 0 saturated carbocycles. The Morgan fingerprint density at radius 1 is 0.104 bits per heavy atom. The molecule has 4 heteroatoms. The molecule has 0 radical (unpaired) electrons. The first-order valence-corrected chi connectivity index (χ1v) is 32.8. The van der Waals surface area contributed by atoms with Gasteiger partial charge in [-0.15, -0.1) is 0 Å². The largest absolute Gasteiger partial charge is 0.311 e. The first-order chi connectivity index (χ1) is 47.6. The van der Waals surface area contributed by atoms with E-state index >= 15 is 0 Å². The van der Waals surface area contributed by atoms with E-state index in [-0.39, 0.29) is 0 Å². The number of hydrogen-bond donors (Lipinski definition) is 0. The predicted octanol–water partition coefficient (Wildman–Crippen LogP) is 26.2. The average Bonchev–Trinajstić information content (AvgIpc) is 1.38. The summed E-state index contributed by atoms with van der Waals surface area (Å²) in [6, 6.07) is 144. The molecule has 0 saturated heterocycles. The van der Waals surface area contributed by atoms with Crippen molar-refractivity contribution in [1.82, 2.24) is 0 Å². The lowest BCUT2D eigenvalue weighted by molar-refractivity contribution is 1.28. The summed E-state index contributed by atoms with van der Waals surface area (Å²) < 4.78 is 0. The lowest BCUT2D eigenvalue weighted by Gasteiger charge is -2.27. The van der Waals surface area contributed by atoms with Crippen LogP contribution in [0.5, 0.6) is 0 Å². The first-order valence-electron chi connectivity index (χ1n) is 32.8. The van der Waals surface area contributed by atoms with Crippen LogP contribution in [0.4, 0.5) is 68.2 Å². The topological polar surface area (TPSA) is 13.0 Å². The normalized spacial score (nSPS) is 11.1. The van der Waals surface area contributed by atoms with Gasteiger partial charge in [-0.25, -0.2) is 0 Å². The minimum absolute atomic E-state index is 1.06. The molecule has 16 rings (SSSR count). The maximum atomic E-state index is 2.36. The summed E-state index contributed by atoms with van der Waals surface area (Å²) >= 11 is 0. The molecule has 4 nitrogen and oxygen atoms in total. The van der Waals surface area contributed by atoms with Crippen LogP contribution in [0.1, 0.15) is 0 Å². The minimum atomic E-state index is 1.06. The summed E-state index contributed by atoms with van der Waals surface area (Å²) in [6.07, 6.45) is 0. The van der Waals surface area contributed by atoms with Gasteiger partial charge in [-0.05, 0) is 235 Å². The molecule has 0 amide bonds. The van der Waals surface area contributed by atoms with Crippen LogP contribution in [0.15, 0.2) is 400 Å². The Morgan fingerprint density at radius 2 is 0.250 bits per heavy atom. The molecule has 454 valence electrons. The van der Waals surface area contributed by atoms with Crippen molar-refractivity contribution in [1.29, 1.82) is 0 Å². The van der Waals surface area contributed by atoms with Gasteiger partial charge in [-0.3, -0.25) is 0 Å². The standard InChI is InChI=1S/C92H66N4/c1-5-21-81(22-6-1)93(82-23-7-2-8-24-82)85-49-33-69(34-50-85)71-37-53-87(54-38-71)95(91-61-45-75(46-62-91)79-31-29-67-17-13-15-19-77(67)65-79)89-57-41-73(42-58-89)74-43-59-90(60-44-74)96(92-63-47-76(48-64-92)80-32-30-68-18-14-16-20-78(68)66-80)88-55-39-72(40-56-88)70-35-51-86(52-36-70)94(83-25-9-3-10-26-83)84-27-11-4-12-28-84/h1-66H. The van der Waals surface area contributed by atoms with Crippen LogP contribution in [-0.2, 0) is 0 Å². The zero-order chi connectivity index (χ0) is 64.0. The van der Waals surface area contributed by atoms with E-state index in [9.17, 15) is 0 Å². The van der Waals surface area contributed by atoms with Gasteiger partial charge < -0.3 is 19.6 Å². The maximum Gasteiger partial charge on any atom is 0.0462 e. The lowest BCUT2D eigenvalue weighted by Crippen LogP contribution is -2.10. The van der Waals surface area contributed by atoms with E-state index in [1.165, 1.54) is 43.8 Å².